The maximum absolute atomic E-state index is 12.3. The minimum atomic E-state index is -0.422. The number of aryl methyl sites for hydroxylation is 1. The molecule has 0 spiro atoms. The normalized spacial score (nSPS) is 22.1. The minimum Gasteiger partial charge on any atom is -0.391 e. The summed E-state index contributed by atoms with van der Waals surface area (Å²) in [4.78, 5) is 16.7. The second kappa shape index (κ2) is 6.48. The lowest BCUT2D eigenvalue weighted by molar-refractivity contribution is -0.121. The number of carbonyl (C=O) groups is 1. The molecule has 0 saturated carbocycles. The number of imidazole rings is 1. The lowest BCUT2D eigenvalue weighted by Gasteiger charge is -2.28. The number of Topliss-reactive ketones (excluding diaryl/α,β-unsaturated/α-hetero) is 1. The van der Waals surface area contributed by atoms with Crippen molar-refractivity contribution in [2.45, 2.75) is 44.9 Å². The number of hydrogen-bond acceptors (Lipinski definition) is 4. The molecule has 5 nitrogen and oxygen atoms in total. The fraction of sp³-hybridized carbons (Fsp3) is 0.500. The Morgan fingerprint density at radius 2 is 2.36 bits per heavy atom. The number of ketones is 1. The summed E-state index contributed by atoms with van der Waals surface area (Å²) in [5, 5.41) is 13.2. The number of aliphatic hydroxyl groups excluding tert-OH is 1. The van der Waals surface area contributed by atoms with Gasteiger partial charge in [0.1, 0.15) is 5.52 Å². The second-order valence-corrected chi connectivity index (χ2v) is 6.74. The Morgan fingerprint density at radius 1 is 1.55 bits per heavy atom. The van der Waals surface area contributed by atoms with Crippen LogP contribution in [0.3, 0.4) is 0 Å². The summed E-state index contributed by atoms with van der Waals surface area (Å²) in [6.45, 7) is 3.18. The van der Waals surface area contributed by atoms with Crippen LogP contribution in [0, 0.1) is 6.92 Å². The summed E-state index contributed by atoms with van der Waals surface area (Å²) in [7, 11) is 0. The molecule has 1 aromatic carbocycles. The van der Waals surface area contributed by atoms with Gasteiger partial charge >= 0.3 is 0 Å². The van der Waals surface area contributed by atoms with Crippen molar-refractivity contribution in [3.63, 3.8) is 0 Å². The molecule has 0 aliphatic carbocycles. The van der Waals surface area contributed by atoms with E-state index in [1.54, 1.807) is 6.33 Å². The fourth-order valence-electron chi connectivity index (χ4n) is 2.97. The van der Waals surface area contributed by atoms with E-state index in [0.29, 0.717) is 6.42 Å². The standard InChI is InChI=1S/C16H20BrN3O2/c1-10-4-5-13-16(15(10)17)19-9-20(13)8-11(21)7-12-14(22)3-2-6-18-12/h4-5,9,12,14,18,22H,2-3,6-8H2,1H3/t12-,14+/m1/s1. The summed E-state index contributed by atoms with van der Waals surface area (Å²) in [5.41, 5.74) is 2.95. The van der Waals surface area contributed by atoms with Crippen LogP contribution in [0.1, 0.15) is 24.8 Å². The number of aliphatic hydroxyl groups is 1. The van der Waals surface area contributed by atoms with Crippen molar-refractivity contribution in [1.82, 2.24) is 14.9 Å². The Labute approximate surface area is 137 Å². The van der Waals surface area contributed by atoms with Crippen molar-refractivity contribution in [2.24, 2.45) is 0 Å². The van der Waals surface area contributed by atoms with Crippen LogP contribution in [0.15, 0.2) is 22.9 Å². The highest BCUT2D eigenvalue weighted by Crippen LogP contribution is 2.26. The van der Waals surface area contributed by atoms with Gasteiger partial charge in [-0.2, -0.15) is 0 Å². The van der Waals surface area contributed by atoms with E-state index < -0.39 is 6.10 Å². The number of carbonyl (C=O) groups excluding carboxylic acids is 1. The summed E-state index contributed by atoms with van der Waals surface area (Å²) in [5.74, 6) is 0.106. The molecule has 1 aliphatic rings. The van der Waals surface area contributed by atoms with E-state index in [-0.39, 0.29) is 18.4 Å². The van der Waals surface area contributed by atoms with E-state index in [0.717, 1.165) is 40.5 Å². The molecule has 2 atom stereocenters. The van der Waals surface area contributed by atoms with E-state index in [2.05, 4.69) is 26.2 Å². The number of benzene rings is 1. The SMILES string of the molecule is Cc1ccc2c(ncn2CC(=O)C[C@H]2NCCC[C@@H]2O)c1Br. The third-order valence-corrected chi connectivity index (χ3v) is 5.27. The molecule has 1 saturated heterocycles. The fourth-order valence-corrected chi connectivity index (χ4v) is 3.41. The number of aromatic nitrogens is 2. The smallest absolute Gasteiger partial charge is 0.154 e. The Balaban J connectivity index is 1.73. The van der Waals surface area contributed by atoms with Crippen molar-refractivity contribution in [1.29, 1.82) is 0 Å². The van der Waals surface area contributed by atoms with Crippen LogP contribution in [0.2, 0.25) is 0 Å². The first kappa shape index (κ1) is 15.6. The van der Waals surface area contributed by atoms with E-state index in [1.165, 1.54) is 0 Å². The Hall–Kier alpha value is -1.24. The van der Waals surface area contributed by atoms with Crippen LogP contribution in [-0.4, -0.2) is 39.1 Å². The number of piperidine rings is 1. The highest BCUT2D eigenvalue weighted by atomic mass is 79.9. The number of hydrogen-bond donors (Lipinski definition) is 2. The van der Waals surface area contributed by atoms with Gasteiger partial charge in [-0.05, 0) is 53.9 Å². The van der Waals surface area contributed by atoms with Gasteiger partial charge in [0.2, 0.25) is 0 Å². The molecule has 1 fully saturated rings. The molecule has 2 N–H and O–H groups in total. The lowest BCUT2D eigenvalue weighted by Crippen LogP contribution is -2.46. The van der Waals surface area contributed by atoms with Gasteiger partial charge in [-0.25, -0.2) is 4.98 Å². The largest absolute Gasteiger partial charge is 0.391 e. The van der Waals surface area contributed by atoms with Gasteiger partial charge in [0, 0.05) is 16.9 Å². The molecule has 0 bridgehead atoms. The first-order valence-electron chi connectivity index (χ1n) is 7.59. The Kier molecular flexibility index (Phi) is 4.61. The van der Waals surface area contributed by atoms with Gasteiger partial charge < -0.3 is 15.0 Å². The van der Waals surface area contributed by atoms with E-state index in [1.807, 2.05) is 23.6 Å². The topological polar surface area (TPSA) is 67.2 Å². The van der Waals surface area contributed by atoms with Crippen LogP contribution in [-0.2, 0) is 11.3 Å². The number of nitrogens with one attached hydrogen (secondary N) is 1. The number of nitrogens with zero attached hydrogens (tertiary/aromatic N) is 2. The third kappa shape index (κ3) is 3.09. The van der Waals surface area contributed by atoms with Crippen LogP contribution in [0.5, 0.6) is 0 Å². The average Bonchev–Trinajstić information content (AvgIpc) is 2.89. The first-order valence-corrected chi connectivity index (χ1v) is 8.38. The molecule has 0 radical (unpaired) electrons. The maximum atomic E-state index is 12.3. The minimum absolute atomic E-state index is 0.106. The number of halogens is 1. The average molecular weight is 366 g/mol. The molecule has 6 heteroatoms. The Morgan fingerprint density at radius 3 is 3.14 bits per heavy atom. The highest BCUT2D eigenvalue weighted by Gasteiger charge is 2.25. The van der Waals surface area contributed by atoms with E-state index in [9.17, 15) is 9.90 Å². The first-order chi connectivity index (χ1) is 10.6. The molecule has 1 aliphatic heterocycles. The monoisotopic (exact) mass is 365 g/mol. The van der Waals surface area contributed by atoms with Gasteiger partial charge in [-0.3, -0.25) is 4.79 Å². The third-order valence-electron chi connectivity index (χ3n) is 4.27. The van der Waals surface area contributed by atoms with Gasteiger partial charge in [-0.15, -0.1) is 0 Å². The van der Waals surface area contributed by atoms with Gasteiger partial charge in [0.05, 0.1) is 24.5 Å². The summed E-state index contributed by atoms with van der Waals surface area (Å²) >= 11 is 3.54. The van der Waals surface area contributed by atoms with Crippen molar-refractivity contribution >= 4 is 32.7 Å². The molecule has 3 rings (SSSR count). The van der Waals surface area contributed by atoms with Crippen molar-refractivity contribution in [3.05, 3.63) is 28.5 Å². The molecule has 0 amide bonds. The van der Waals surface area contributed by atoms with Gasteiger partial charge in [0.15, 0.2) is 5.78 Å². The predicted molar refractivity (Wildman–Crippen MR) is 88.8 cm³/mol. The summed E-state index contributed by atoms with van der Waals surface area (Å²) < 4.78 is 2.84. The molecular formula is C16H20BrN3O2. The highest BCUT2D eigenvalue weighted by molar-refractivity contribution is 9.10. The predicted octanol–water partition coefficient (Wildman–Crippen LogP) is 2.18. The quantitative estimate of drug-likeness (QED) is 0.871. The molecule has 118 valence electrons. The van der Waals surface area contributed by atoms with Gasteiger partial charge in [-0.1, -0.05) is 6.07 Å². The summed E-state index contributed by atoms with van der Waals surface area (Å²) in [6.07, 6.45) is 3.37. The summed E-state index contributed by atoms with van der Waals surface area (Å²) in [6, 6.07) is 3.88. The molecular weight excluding hydrogens is 346 g/mol. The van der Waals surface area contributed by atoms with Crippen LogP contribution in [0.25, 0.3) is 11.0 Å². The molecule has 1 aromatic heterocycles. The second-order valence-electron chi connectivity index (χ2n) is 5.95. The maximum Gasteiger partial charge on any atom is 0.154 e. The molecule has 2 heterocycles. The van der Waals surface area contributed by atoms with Crippen molar-refractivity contribution in [2.75, 3.05) is 6.54 Å². The molecule has 2 aromatic rings. The lowest BCUT2D eigenvalue weighted by atomic mass is 9.97. The van der Waals surface area contributed by atoms with Gasteiger partial charge in [0.25, 0.3) is 0 Å². The number of fused-ring (bicyclic) bond motifs is 1. The zero-order valence-electron chi connectivity index (χ0n) is 12.6. The van der Waals surface area contributed by atoms with Crippen LogP contribution < -0.4 is 5.32 Å². The van der Waals surface area contributed by atoms with E-state index in [4.69, 9.17) is 0 Å². The zero-order valence-corrected chi connectivity index (χ0v) is 14.1. The molecule has 0 unspecified atom stereocenters. The van der Waals surface area contributed by atoms with Crippen molar-refractivity contribution in [3.8, 4) is 0 Å². The molecule has 22 heavy (non-hydrogen) atoms. The van der Waals surface area contributed by atoms with Crippen molar-refractivity contribution < 1.29 is 9.90 Å². The van der Waals surface area contributed by atoms with Crippen LogP contribution >= 0.6 is 15.9 Å². The number of rotatable bonds is 4. The Bertz CT molecular complexity index is 698. The van der Waals surface area contributed by atoms with Crippen LogP contribution in [0.4, 0.5) is 0 Å². The zero-order chi connectivity index (χ0) is 15.7. The van der Waals surface area contributed by atoms with E-state index >= 15 is 0 Å².